The molecule has 0 atom stereocenters. The van der Waals surface area contributed by atoms with E-state index >= 15 is 0 Å². The third-order valence-electron chi connectivity index (χ3n) is 3.71. The summed E-state index contributed by atoms with van der Waals surface area (Å²) in [5.74, 6) is 0.596. The van der Waals surface area contributed by atoms with Crippen molar-refractivity contribution in [3.8, 4) is 11.4 Å². The lowest BCUT2D eigenvalue weighted by Gasteiger charge is -2.16. The second kappa shape index (κ2) is 7.96. The van der Waals surface area contributed by atoms with E-state index in [4.69, 9.17) is 4.52 Å². The van der Waals surface area contributed by atoms with Crippen LogP contribution in [0.15, 0.2) is 28.8 Å². The van der Waals surface area contributed by atoms with Gasteiger partial charge in [-0.15, -0.1) is 12.4 Å². The van der Waals surface area contributed by atoms with E-state index in [0.29, 0.717) is 18.0 Å². The summed E-state index contributed by atoms with van der Waals surface area (Å²) < 4.78 is 43.5. The predicted molar refractivity (Wildman–Crippen MR) is 84.7 cm³/mol. The summed E-state index contributed by atoms with van der Waals surface area (Å²) in [6.45, 7) is 4.19. The zero-order chi connectivity index (χ0) is 16.3. The Balaban J connectivity index is 0.00000208. The molecule has 0 radical (unpaired) electrons. The van der Waals surface area contributed by atoms with E-state index in [2.05, 4.69) is 20.4 Å². The Hall–Kier alpha value is -1.64. The van der Waals surface area contributed by atoms with E-state index in [0.717, 1.165) is 44.7 Å². The number of hydrogen-bond donors (Lipinski definition) is 1. The number of rotatable bonds is 3. The summed E-state index contributed by atoms with van der Waals surface area (Å²) in [7, 11) is 0. The number of aromatic nitrogens is 2. The molecule has 1 aliphatic rings. The Labute approximate surface area is 143 Å². The second-order valence-electron chi connectivity index (χ2n) is 5.47. The molecule has 1 aromatic heterocycles. The highest BCUT2D eigenvalue weighted by Crippen LogP contribution is 2.31. The summed E-state index contributed by atoms with van der Waals surface area (Å²) in [5.41, 5.74) is -0.424. The van der Waals surface area contributed by atoms with Crippen LogP contribution in [0.1, 0.15) is 17.9 Å². The van der Waals surface area contributed by atoms with Crippen molar-refractivity contribution < 1.29 is 17.7 Å². The monoisotopic (exact) mass is 362 g/mol. The summed E-state index contributed by atoms with van der Waals surface area (Å²) in [4.78, 5) is 6.41. The smallest absolute Gasteiger partial charge is 0.338 e. The minimum absolute atomic E-state index is 0. The van der Waals surface area contributed by atoms with Crippen LogP contribution in [0.5, 0.6) is 0 Å². The number of nitrogens with one attached hydrogen (secondary N) is 1. The largest absolute Gasteiger partial charge is 0.416 e. The number of nitrogens with zero attached hydrogens (tertiary/aromatic N) is 3. The highest BCUT2D eigenvalue weighted by molar-refractivity contribution is 5.85. The van der Waals surface area contributed by atoms with Crippen LogP contribution in [0, 0.1) is 0 Å². The van der Waals surface area contributed by atoms with Gasteiger partial charge in [-0.1, -0.05) is 17.3 Å². The van der Waals surface area contributed by atoms with Crippen LogP contribution in [0.3, 0.4) is 0 Å². The molecule has 9 heteroatoms. The molecule has 2 aromatic rings. The summed E-state index contributed by atoms with van der Waals surface area (Å²) >= 11 is 0. The van der Waals surface area contributed by atoms with Crippen LogP contribution in [0.2, 0.25) is 0 Å². The summed E-state index contributed by atoms with van der Waals surface area (Å²) in [6.07, 6.45) is -3.35. The lowest BCUT2D eigenvalue weighted by molar-refractivity contribution is -0.137. The molecule has 1 saturated heterocycles. The molecule has 0 aliphatic carbocycles. The molecule has 2 heterocycles. The Morgan fingerprint density at radius 3 is 2.83 bits per heavy atom. The number of alkyl halides is 3. The van der Waals surface area contributed by atoms with Gasteiger partial charge < -0.3 is 9.84 Å². The molecule has 0 unspecified atom stereocenters. The molecule has 0 saturated carbocycles. The van der Waals surface area contributed by atoms with Gasteiger partial charge in [-0.3, -0.25) is 4.90 Å². The minimum atomic E-state index is -4.39. The lowest BCUT2D eigenvalue weighted by atomic mass is 10.1. The van der Waals surface area contributed by atoms with E-state index in [9.17, 15) is 13.2 Å². The van der Waals surface area contributed by atoms with Crippen molar-refractivity contribution in [2.45, 2.75) is 19.1 Å². The maximum absolute atomic E-state index is 12.8. The Morgan fingerprint density at radius 2 is 2.04 bits per heavy atom. The maximum atomic E-state index is 12.8. The average molecular weight is 363 g/mol. The quantitative estimate of drug-likeness (QED) is 0.909. The molecule has 0 amide bonds. The Bertz CT molecular complexity index is 654. The Morgan fingerprint density at radius 1 is 1.21 bits per heavy atom. The molecule has 24 heavy (non-hydrogen) atoms. The van der Waals surface area contributed by atoms with Gasteiger partial charge in [-0.05, 0) is 31.6 Å². The predicted octanol–water partition coefficient (Wildman–Crippen LogP) is 2.97. The molecule has 5 nitrogen and oxygen atoms in total. The van der Waals surface area contributed by atoms with Crippen molar-refractivity contribution in [3.63, 3.8) is 0 Å². The third kappa shape index (κ3) is 4.68. The van der Waals surface area contributed by atoms with Gasteiger partial charge in [0.1, 0.15) is 0 Å². The molecule has 1 N–H and O–H groups in total. The van der Waals surface area contributed by atoms with E-state index in [-0.39, 0.29) is 18.2 Å². The molecule has 3 rings (SSSR count). The van der Waals surface area contributed by atoms with Gasteiger partial charge in [0.2, 0.25) is 11.7 Å². The fourth-order valence-corrected chi connectivity index (χ4v) is 2.52. The molecule has 1 aliphatic heterocycles. The van der Waals surface area contributed by atoms with Crippen molar-refractivity contribution in [1.82, 2.24) is 20.4 Å². The van der Waals surface area contributed by atoms with E-state index in [1.54, 1.807) is 6.07 Å². The first-order chi connectivity index (χ1) is 11.0. The molecule has 1 fully saturated rings. The number of benzene rings is 1. The molecule has 0 spiro atoms. The van der Waals surface area contributed by atoms with Crippen molar-refractivity contribution in [3.05, 3.63) is 35.7 Å². The average Bonchev–Trinajstić information content (AvgIpc) is 2.83. The number of hydrogen-bond acceptors (Lipinski definition) is 5. The standard InChI is InChI=1S/C15H17F3N4O.ClH/c16-15(17,18)12-4-1-3-11(9-12)14-20-13(23-21-14)10-22-7-2-5-19-6-8-22;/h1,3-4,9,19H,2,5-8,10H2;1H. The fourth-order valence-electron chi connectivity index (χ4n) is 2.52. The van der Waals surface area contributed by atoms with Crippen LogP contribution < -0.4 is 5.32 Å². The lowest BCUT2D eigenvalue weighted by Crippen LogP contribution is -2.27. The van der Waals surface area contributed by atoms with Crippen LogP contribution >= 0.6 is 12.4 Å². The van der Waals surface area contributed by atoms with Gasteiger partial charge in [0, 0.05) is 18.7 Å². The third-order valence-corrected chi connectivity index (χ3v) is 3.71. The fraction of sp³-hybridized carbons (Fsp3) is 0.467. The van der Waals surface area contributed by atoms with E-state index < -0.39 is 11.7 Å². The van der Waals surface area contributed by atoms with Crippen LogP contribution in [0.4, 0.5) is 13.2 Å². The minimum Gasteiger partial charge on any atom is -0.338 e. The molecular weight excluding hydrogens is 345 g/mol. The van der Waals surface area contributed by atoms with Crippen LogP contribution in [-0.2, 0) is 12.7 Å². The molecule has 1 aromatic carbocycles. The van der Waals surface area contributed by atoms with Gasteiger partial charge in [0.15, 0.2) is 0 Å². The van der Waals surface area contributed by atoms with Crippen molar-refractivity contribution in [1.29, 1.82) is 0 Å². The zero-order valence-electron chi connectivity index (χ0n) is 12.8. The highest BCUT2D eigenvalue weighted by Gasteiger charge is 2.30. The van der Waals surface area contributed by atoms with Gasteiger partial charge in [0.25, 0.3) is 0 Å². The first kappa shape index (κ1) is 18.7. The highest BCUT2D eigenvalue weighted by atomic mass is 35.5. The summed E-state index contributed by atoms with van der Waals surface area (Å²) in [6, 6.07) is 4.94. The zero-order valence-corrected chi connectivity index (χ0v) is 13.7. The first-order valence-corrected chi connectivity index (χ1v) is 7.46. The van der Waals surface area contributed by atoms with Gasteiger partial charge in [0.05, 0.1) is 12.1 Å². The van der Waals surface area contributed by atoms with Crippen LogP contribution in [0.25, 0.3) is 11.4 Å². The van der Waals surface area contributed by atoms with Gasteiger partial charge >= 0.3 is 6.18 Å². The number of halogens is 4. The summed E-state index contributed by atoms with van der Waals surface area (Å²) in [5, 5.41) is 7.10. The van der Waals surface area contributed by atoms with Crippen molar-refractivity contribution in [2.75, 3.05) is 26.2 Å². The second-order valence-corrected chi connectivity index (χ2v) is 5.47. The maximum Gasteiger partial charge on any atom is 0.416 e. The van der Waals surface area contributed by atoms with Crippen molar-refractivity contribution in [2.24, 2.45) is 0 Å². The molecular formula is C15H18ClF3N4O. The SMILES string of the molecule is Cl.FC(F)(F)c1cccc(-c2noc(CN3CCCNCC3)n2)c1. The van der Waals surface area contributed by atoms with Crippen LogP contribution in [-0.4, -0.2) is 41.2 Å². The van der Waals surface area contributed by atoms with E-state index in [1.165, 1.54) is 6.07 Å². The molecule has 132 valence electrons. The molecule has 0 bridgehead atoms. The first-order valence-electron chi connectivity index (χ1n) is 7.46. The topological polar surface area (TPSA) is 54.2 Å². The normalized spacial score (nSPS) is 16.5. The van der Waals surface area contributed by atoms with E-state index in [1.807, 2.05) is 0 Å². The van der Waals surface area contributed by atoms with Gasteiger partial charge in [-0.25, -0.2) is 0 Å². The van der Waals surface area contributed by atoms with Gasteiger partial charge in [-0.2, -0.15) is 18.2 Å². The van der Waals surface area contributed by atoms with Crippen molar-refractivity contribution >= 4 is 12.4 Å². The Kier molecular flexibility index (Phi) is 6.20.